The number of amides is 1. The van der Waals surface area contributed by atoms with Gasteiger partial charge in [-0.15, -0.1) is 0 Å². The molecule has 0 aromatic heterocycles. The molecule has 0 radical (unpaired) electrons. The lowest BCUT2D eigenvalue weighted by Crippen LogP contribution is -2.27. The molecule has 1 heterocycles. The number of benzene rings is 1. The zero-order valence-corrected chi connectivity index (χ0v) is 11.7. The van der Waals surface area contributed by atoms with E-state index in [1.165, 1.54) is 0 Å². The normalized spacial score (nSPS) is 23.0. The first-order valence-corrected chi connectivity index (χ1v) is 6.55. The van der Waals surface area contributed by atoms with E-state index >= 15 is 0 Å². The molecular weight excluding hydrogens is 298 g/mol. The monoisotopic (exact) mass is 313 g/mol. The minimum Gasteiger partial charge on any atom is -0.398 e. The van der Waals surface area contributed by atoms with Crippen LogP contribution >= 0.6 is 15.9 Å². The lowest BCUT2D eigenvalue weighted by atomic mass is 10.1. The molecule has 5 N–H and O–H groups in total. The Morgan fingerprint density at radius 1 is 1.56 bits per heavy atom. The number of nitrogens with one attached hydrogen (secondary N) is 1. The zero-order chi connectivity index (χ0) is 13.3. The molecule has 2 atom stereocenters. The molecule has 1 aromatic rings. The van der Waals surface area contributed by atoms with Crippen molar-refractivity contribution >= 4 is 33.2 Å². The summed E-state index contributed by atoms with van der Waals surface area (Å²) in [6.45, 7) is 2.76. The Morgan fingerprint density at radius 3 is 2.83 bits per heavy atom. The second-order valence-corrected chi connectivity index (χ2v) is 5.25. The number of primary amides is 1. The van der Waals surface area contributed by atoms with E-state index in [9.17, 15) is 4.79 Å². The third-order valence-electron chi connectivity index (χ3n) is 3.12. The van der Waals surface area contributed by atoms with E-state index in [1.54, 1.807) is 12.1 Å². The Balaban J connectivity index is 2.27. The van der Waals surface area contributed by atoms with Gasteiger partial charge in [-0.25, -0.2) is 0 Å². The largest absolute Gasteiger partial charge is 0.398 e. The van der Waals surface area contributed by atoms with Crippen LogP contribution in [0.1, 0.15) is 23.7 Å². The van der Waals surface area contributed by atoms with Crippen molar-refractivity contribution in [3.63, 3.8) is 0 Å². The van der Waals surface area contributed by atoms with Crippen LogP contribution in [0.15, 0.2) is 16.6 Å². The van der Waals surface area contributed by atoms with Gasteiger partial charge >= 0.3 is 0 Å². The average molecular weight is 314 g/mol. The maximum Gasteiger partial charge on any atom is 0.250 e. The summed E-state index contributed by atoms with van der Waals surface area (Å²) in [5, 5.41) is 3.35. The summed E-state index contributed by atoms with van der Waals surface area (Å²) >= 11 is 3.42. The molecule has 1 saturated heterocycles. The van der Waals surface area contributed by atoms with Gasteiger partial charge in [-0.2, -0.15) is 0 Å². The van der Waals surface area contributed by atoms with E-state index in [2.05, 4.69) is 21.2 Å². The van der Waals surface area contributed by atoms with E-state index in [4.69, 9.17) is 16.2 Å². The summed E-state index contributed by atoms with van der Waals surface area (Å²) in [7, 11) is 0. The molecular formula is C12H16BrN3O2. The van der Waals surface area contributed by atoms with Crippen molar-refractivity contribution in [3.05, 3.63) is 22.2 Å². The van der Waals surface area contributed by atoms with Gasteiger partial charge in [-0.1, -0.05) is 0 Å². The van der Waals surface area contributed by atoms with Crippen LogP contribution in [0.5, 0.6) is 0 Å². The summed E-state index contributed by atoms with van der Waals surface area (Å²) in [4.78, 5) is 11.3. The van der Waals surface area contributed by atoms with Crippen molar-refractivity contribution in [1.29, 1.82) is 0 Å². The molecule has 1 amide bonds. The molecule has 1 aliphatic rings. The molecule has 1 aliphatic heterocycles. The number of nitrogens with two attached hydrogens (primary N) is 2. The summed E-state index contributed by atoms with van der Waals surface area (Å²) in [6.07, 6.45) is 1.08. The van der Waals surface area contributed by atoms with E-state index in [-0.39, 0.29) is 12.1 Å². The number of anilines is 2. The molecule has 1 aromatic carbocycles. The van der Waals surface area contributed by atoms with E-state index in [0.29, 0.717) is 11.3 Å². The first-order valence-electron chi connectivity index (χ1n) is 5.76. The van der Waals surface area contributed by atoms with Crippen molar-refractivity contribution in [3.8, 4) is 0 Å². The number of ether oxygens (including phenoxy) is 1. The number of carbonyl (C=O) groups excluding carboxylic acids is 1. The third kappa shape index (κ3) is 2.59. The van der Waals surface area contributed by atoms with Gasteiger partial charge in [0.15, 0.2) is 0 Å². The fourth-order valence-corrected chi connectivity index (χ4v) is 2.51. The first-order chi connectivity index (χ1) is 8.49. The van der Waals surface area contributed by atoms with Crippen molar-refractivity contribution in [1.82, 2.24) is 0 Å². The Hall–Kier alpha value is -1.27. The van der Waals surface area contributed by atoms with Crippen LogP contribution in [0.4, 0.5) is 11.4 Å². The topological polar surface area (TPSA) is 90.4 Å². The van der Waals surface area contributed by atoms with Gasteiger partial charge in [0.1, 0.15) is 0 Å². The molecule has 18 heavy (non-hydrogen) atoms. The maximum atomic E-state index is 11.3. The number of hydrogen-bond acceptors (Lipinski definition) is 4. The molecule has 6 heteroatoms. The van der Waals surface area contributed by atoms with Crippen LogP contribution in [0, 0.1) is 0 Å². The number of halogens is 1. The maximum absolute atomic E-state index is 11.3. The second-order valence-electron chi connectivity index (χ2n) is 4.40. The smallest absolute Gasteiger partial charge is 0.250 e. The van der Waals surface area contributed by atoms with Crippen LogP contribution in [0.3, 0.4) is 0 Å². The second kappa shape index (κ2) is 5.16. The van der Waals surface area contributed by atoms with Gasteiger partial charge in [0.2, 0.25) is 0 Å². The number of rotatable bonds is 3. The van der Waals surface area contributed by atoms with Gasteiger partial charge in [-0.3, -0.25) is 4.79 Å². The highest BCUT2D eigenvalue weighted by atomic mass is 79.9. The first kappa shape index (κ1) is 13.2. The molecule has 5 nitrogen and oxygen atoms in total. The highest BCUT2D eigenvalue weighted by Gasteiger charge is 2.24. The van der Waals surface area contributed by atoms with Crippen molar-refractivity contribution in [2.75, 3.05) is 17.7 Å². The molecule has 2 rings (SSSR count). The third-order valence-corrected chi connectivity index (χ3v) is 3.78. The summed E-state index contributed by atoms with van der Waals surface area (Å²) in [5.41, 5.74) is 12.5. The van der Waals surface area contributed by atoms with Crippen molar-refractivity contribution in [2.45, 2.75) is 25.5 Å². The number of carbonyl (C=O) groups is 1. The highest BCUT2D eigenvalue weighted by molar-refractivity contribution is 9.10. The lowest BCUT2D eigenvalue weighted by molar-refractivity contribution is 0.100. The van der Waals surface area contributed by atoms with Crippen LogP contribution in [0.2, 0.25) is 0 Å². The molecule has 0 bridgehead atoms. The van der Waals surface area contributed by atoms with Crippen molar-refractivity contribution in [2.24, 2.45) is 5.73 Å². The summed E-state index contributed by atoms with van der Waals surface area (Å²) in [6, 6.07) is 3.58. The van der Waals surface area contributed by atoms with E-state index < -0.39 is 5.91 Å². The Morgan fingerprint density at radius 2 is 2.28 bits per heavy atom. The fraction of sp³-hybridized carbons (Fsp3) is 0.417. The Labute approximate surface area is 114 Å². The van der Waals surface area contributed by atoms with Crippen LogP contribution in [-0.4, -0.2) is 24.7 Å². The van der Waals surface area contributed by atoms with Gasteiger partial charge in [-0.05, 0) is 41.4 Å². The molecule has 1 fully saturated rings. The minimum atomic E-state index is -0.529. The molecule has 0 aliphatic carbocycles. The highest BCUT2D eigenvalue weighted by Crippen LogP contribution is 2.30. The molecule has 0 spiro atoms. The molecule has 98 valence electrons. The van der Waals surface area contributed by atoms with Gasteiger partial charge in [0, 0.05) is 22.5 Å². The average Bonchev–Trinajstić information content (AvgIpc) is 2.67. The Bertz CT molecular complexity index is 479. The Kier molecular flexibility index (Phi) is 3.77. The molecule has 0 saturated carbocycles. The van der Waals surface area contributed by atoms with Gasteiger partial charge in [0.05, 0.1) is 17.7 Å². The van der Waals surface area contributed by atoms with E-state index in [1.807, 2.05) is 6.92 Å². The van der Waals surface area contributed by atoms with Crippen LogP contribution in [-0.2, 0) is 4.74 Å². The number of hydrogen-bond donors (Lipinski definition) is 3. The SMILES string of the molecule is CC1OCCC1Nc1cc(C(N)=O)c(N)cc1Br. The zero-order valence-electron chi connectivity index (χ0n) is 10.1. The number of nitrogen functional groups attached to an aromatic ring is 1. The molecule has 2 unspecified atom stereocenters. The van der Waals surface area contributed by atoms with E-state index in [0.717, 1.165) is 23.2 Å². The predicted molar refractivity (Wildman–Crippen MR) is 74.5 cm³/mol. The standard InChI is InChI=1S/C12H16BrN3O2/c1-6-10(2-3-18-6)16-11-4-7(12(15)17)9(14)5-8(11)13/h4-6,10,16H,2-3,14H2,1H3,(H2,15,17). The van der Waals surface area contributed by atoms with Crippen LogP contribution in [0.25, 0.3) is 0 Å². The van der Waals surface area contributed by atoms with Gasteiger partial charge < -0.3 is 21.5 Å². The van der Waals surface area contributed by atoms with Gasteiger partial charge in [0.25, 0.3) is 5.91 Å². The summed E-state index contributed by atoms with van der Waals surface area (Å²) < 4.78 is 6.29. The minimum absolute atomic E-state index is 0.145. The van der Waals surface area contributed by atoms with Crippen molar-refractivity contribution < 1.29 is 9.53 Å². The quantitative estimate of drug-likeness (QED) is 0.741. The predicted octanol–water partition coefficient (Wildman–Crippen LogP) is 1.72. The van der Waals surface area contributed by atoms with Crippen LogP contribution < -0.4 is 16.8 Å². The lowest BCUT2D eigenvalue weighted by Gasteiger charge is -2.19. The summed E-state index contributed by atoms with van der Waals surface area (Å²) in [5.74, 6) is -0.529. The fourth-order valence-electron chi connectivity index (χ4n) is 2.03.